The van der Waals surface area contributed by atoms with Crippen LogP contribution in [0.4, 0.5) is 5.95 Å². The van der Waals surface area contributed by atoms with Gasteiger partial charge in [-0.1, -0.05) is 72.8 Å². The van der Waals surface area contributed by atoms with E-state index in [1.165, 1.54) is 9.03 Å². The summed E-state index contributed by atoms with van der Waals surface area (Å²) in [5.74, 6) is 2.07. The summed E-state index contributed by atoms with van der Waals surface area (Å²) in [4.78, 5) is 49.3. The summed E-state index contributed by atoms with van der Waals surface area (Å²) in [6, 6.07) is 22.0. The predicted octanol–water partition coefficient (Wildman–Crippen LogP) is 2.39. The normalized spacial score (nSPS) is 12.8. The van der Waals surface area contributed by atoms with Crippen LogP contribution in [0.5, 0.6) is 0 Å². The van der Waals surface area contributed by atoms with Gasteiger partial charge < -0.3 is 5.73 Å². The number of nitrogens with zero attached hydrogens (tertiary/aromatic N) is 15. The molecule has 0 unspecified atom stereocenters. The lowest BCUT2D eigenvalue weighted by atomic mass is 10.1. The van der Waals surface area contributed by atoms with Gasteiger partial charge in [0.1, 0.15) is 28.5 Å². The number of carbonyl (C=O) groups excluding carboxylic acids is 3. The molecule has 6 heterocycles. The van der Waals surface area contributed by atoms with E-state index in [1.54, 1.807) is 36.6 Å². The van der Waals surface area contributed by atoms with Crippen LogP contribution in [0, 0.1) is 13.8 Å². The Hall–Kier alpha value is -8.09. The number of aromatic nitrogens is 15. The number of hydrogen-bond acceptors (Lipinski definition) is 16. The highest BCUT2D eigenvalue weighted by Crippen LogP contribution is 2.35. The lowest BCUT2D eigenvalue weighted by Crippen LogP contribution is -2.06. The molecule has 19 heteroatoms. The van der Waals surface area contributed by atoms with E-state index < -0.39 is 0 Å². The third-order valence-electron chi connectivity index (χ3n) is 9.04. The summed E-state index contributed by atoms with van der Waals surface area (Å²) in [5.41, 5.74) is 12.7. The molecular formula is C35H20N16O3. The molecule has 0 aliphatic heterocycles. The highest BCUT2D eigenvalue weighted by molar-refractivity contribution is 6.21. The first kappa shape index (κ1) is 30.7. The number of anilines is 1. The van der Waals surface area contributed by atoms with Gasteiger partial charge in [0.25, 0.3) is 17.3 Å². The molecule has 6 aromatic heterocycles. The van der Waals surface area contributed by atoms with Crippen molar-refractivity contribution in [1.29, 1.82) is 0 Å². The highest BCUT2D eigenvalue weighted by Gasteiger charge is 2.33. The molecule has 19 nitrogen and oxygen atoms in total. The Bertz CT molecular complexity index is 2990. The number of nitrogen functional groups attached to an aromatic ring is 1. The monoisotopic (exact) mass is 712 g/mol. The quantitative estimate of drug-likeness (QED) is 0.237. The molecule has 0 spiro atoms. The molecule has 12 rings (SSSR count). The first-order chi connectivity index (χ1) is 26.3. The number of ketones is 3. The molecule has 2 N–H and O–H groups in total. The fraction of sp³-hybridized carbons (Fsp3) is 0.0571. The van der Waals surface area contributed by atoms with E-state index in [0.29, 0.717) is 74.1 Å². The molecule has 9 aromatic rings. The molecule has 3 aliphatic rings. The average Bonchev–Trinajstić information content (AvgIpc) is 4.04. The molecule has 0 saturated carbocycles. The van der Waals surface area contributed by atoms with Crippen molar-refractivity contribution in [3.05, 3.63) is 118 Å². The third-order valence-corrected chi connectivity index (χ3v) is 9.04. The van der Waals surface area contributed by atoms with Crippen LogP contribution in [0.3, 0.4) is 0 Å². The number of rotatable bonds is 0. The SMILES string of the molecule is Cc1nnc2nc3c(nn12)-c1ccccc1C3=O.Cc1nnc2nc3c(nn12)C(=O)c1ccccc1-3.Nc1nnc2nc3c(nn12)-c1ccccc1C3=O. The van der Waals surface area contributed by atoms with Gasteiger partial charge in [-0.15, -0.1) is 30.6 Å². The molecule has 258 valence electrons. The smallest absolute Gasteiger partial charge is 0.274 e. The summed E-state index contributed by atoms with van der Waals surface area (Å²) < 4.78 is 4.37. The van der Waals surface area contributed by atoms with Crippen molar-refractivity contribution >= 4 is 40.6 Å². The van der Waals surface area contributed by atoms with Crippen molar-refractivity contribution in [2.24, 2.45) is 0 Å². The maximum absolute atomic E-state index is 12.2. The molecule has 0 bridgehead atoms. The molecule has 3 aromatic carbocycles. The zero-order chi connectivity index (χ0) is 36.8. The van der Waals surface area contributed by atoms with Crippen molar-refractivity contribution in [3.63, 3.8) is 0 Å². The van der Waals surface area contributed by atoms with Crippen molar-refractivity contribution in [2.75, 3.05) is 5.73 Å². The molecule has 0 fully saturated rings. The Kier molecular flexibility index (Phi) is 6.37. The second-order valence-corrected chi connectivity index (χ2v) is 12.2. The van der Waals surface area contributed by atoms with Gasteiger partial charge in [-0.3, -0.25) is 14.4 Å². The minimum atomic E-state index is -0.142. The van der Waals surface area contributed by atoms with Crippen LogP contribution in [0.2, 0.25) is 0 Å². The van der Waals surface area contributed by atoms with E-state index >= 15 is 0 Å². The van der Waals surface area contributed by atoms with E-state index in [9.17, 15) is 14.4 Å². The Morgan fingerprint density at radius 3 is 1.26 bits per heavy atom. The maximum Gasteiger partial charge on any atom is 0.274 e. The zero-order valence-corrected chi connectivity index (χ0v) is 27.9. The average molecular weight is 713 g/mol. The molecule has 0 amide bonds. The molecule has 0 radical (unpaired) electrons. The Balaban J connectivity index is 0.000000100. The number of benzene rings is 3. The Morgan fingerprint density at radius 2 is 0.759 bits per heavy atom. The second-order valence-electron chi connectivity index (χ2n) is 12.2. The summed E-state index contributed by atoms with van der Waals surface area (Å²) >= 11 is 0. The number of aryl methyl sites for hydroxylation is 2. The molecule has 54 heavy (non-hydrogen) atoms. The Morgan fingerprint density at radius 1 is 0.407 bits per heavy atom. The minimum Gasteiger partial charge on any atom is -0.366 e. The van der Waals surface area contributed by atoms with E-state index in [-0.39, 0.29) is 29.1 Å². The van der Waals surface area contributed by atoms with E-state index in [2.05, 4.69) is 60.8 Å². The summed E-state index contributed by atoms with van der Waals surface area (Å²) in [5, 5.41) is 36.0. The van der Waals surface area contributed by atoms with Crippen LogP contribution in [-0.2, 0) is 0 Å². The molecule has 0 saturated heterocycles. The number of nitrogens with two attached hydrogens (primary N) is 1. The highest BCUT2D eigenvalue weighted by atomic mass is 16.1. The van der Waals surface area contributed by atoms with Crippen molar-refractivity contribution in [2.45, 2.75) is 13.8 Å². The first-order valence-corrected chi connectivity index (χ1v) is 16.3. The van der Waals surface area contributed by atoms with Gasteiger partial charge in [0, 0.05) is 33.4 Å². The summed E-state index contributed by atoms with van der Waals surface area (Å²) in [6.07, 6.45) is 0. The van der Waals surface area contributed by atoms with Gasteiger partial charge >= 0.3 is 0 Å². The Labute approximate surface area is 300 Å². The van der Waals surface area contributed by atoms with Gasteiger partial charge in [-0.05, 0) is 13.8 Å². The van der Waals surface area contributed by atoms with Gasteiger partial charge in [-0.25, -0.2) is 15.0 Å². The van der Waals surface area contributed by atoms with E-state index in [0.717, 1.165) is 16.7 Å². The predicted molar refractivity (Wildman–Crippen MR) is 186 cm³/mol. The van der Waals surface area contributed by atoms with Crippen LogP contribution in [-0.4, -0.2) is 91.7 Å². The van der Waals surface area contributed by atoms with Crippen LogP contribution in [0.1, 0.15) is 59.8 Å². The lowest BCUT2D eigenvalue weighted by molar-refractivity contribution is 0.103. The first-order valence-electron chi connectivity index (χ1n) is 16.3. The van der Waals surface area contributed by atoms with Crippen LogP contribution < -0.4 is 5.73 Å². The maximum atomic E-state index is 12.2. The fourth-order valence-electron chi connectivity index (χ4n) is 6.48. The molecular weight excluding hydrogens is 692 g/mol. The lowest BCUT2D eigenvalue weighted by Gasteiger charge is -1.98. The van der Waals surface area contributed by atoms with Gasteiger partial charge in [0.15, 0.2) is 17.3 Å². The standard InChI is InChI=1S/2C12H7N5O.C11H6N6O/c1-6-14-15-12-13-10-9(16-17(6)12)7-4-2-3-5-8(7)11(10)18;1-6-14-15-12-13-9-7-4-2-3-5-8(7)11(18)10(9)16-17(6)12;12-10-14-15-11-13-8-7(16-17(10)11)5-3-1-2-4-6(5)9(8)18/h2*2-5H,1H3;1-4H,(H2,12,14). The zero-order valence-electron chi connectivity index (χ0n) is 27.9. The number of hydrogen-bond donors (Lipinski definition) is 1. The summed E-state index contributed by atoms with van der Waals surface area (Å²) in [6.45, 7) is 3.57. The fourth-order valence-corrected chi connectivity index (χ4v) is 6.48. The van der Waals surface area contributed by atoms with Gasteiger partial charge in [0.05, 0.1) is 0 Å². The van der Waals surface area contributed by atoms with Crippen LogP contribution in [0.15, 0.2) is 72.8 Å². The van der Waals surface area contributed by atoms with Crippen molar-refractivity contribution < 1.29 is 14.4 Å². The van der Waals surface area contributed by atoms with Crippen molar-refractivity contribution in [3.8, 4) is 33.8 Å². The second kappa shape index (κ2) is 11.2. The van der Waals surface area contributed by atoms with Crippen molar-refractivity contribution in [1.82, 2.24) is 74.4 Å². The van der Waals surface area contributed by atoms with Crippen LogP contribution in [0.25, 0.3) is 51.1 Å². The van der Waals surface area contributed by atoms with E-state index in [1.807, 2.05) is 54.6 Å². The van der Waals surface area contributed by atoms with Crippen LogP contribution >= 0.6 is 0 Å². The number of carbonyl (C=O) groups is 3. The topological polar surface area (TPSA) is 245 Å². The summed E-state index contributed by atoms with van der Waals surface area (Å²) in [7, 11) is 0. The number of fused-ring (bicyclic) bond motifs is 12. The minimum absolute atomic E-state index is 0.0944. The molecule has 3 aliphatic carbocycles. The van der Waals surface area contributed by atoms with E-state index in [4.69, 9.17) is 5.73 Å². The largest absolute Gasteiger partial charge is 0.366 e. The van der Waals surface area contributed by atoms with Gasteiger partial charge in [0.2, 0.25) is 23.3 Å². The van der Waals surface area contributed by atoms with Gasteiger partial charge in [-0.2, -0.15) is 28.8 Å². The third kappa shape index (κ3) is 4.38. The molecule has 0 atom stereocenters.